The SMILES string of the molecule is CCc1c(C)sc2nc(SCC(=O)N(CC)c3ccccc3C)n(CC3CCCO3)c(=O)c12. The average molecular weight is 486 g/mol. The van der Waals surface area contributed by atoms with E-state index in [1.807, 2.05) is 45.0 Å². The summed E-state index contributed by atoms with van der Waals surface area (Å²) in [5.41, 5.74) is 3.05. The maximum absolute atomic E-state index is 13.6. The van der Waals surface area contributed by atoms with E-state index < -0.39 is 0 Å². The van der Waals surface area contributed by atoms with Gasteiger partial charge in [-0.15, -0.1) is 11.3 Å². The number of aryl methyl sites for hydroxylation is 3. The van der Waals surface area contributed by atoms with Crippen LogP contribution in [0.15, 0.2) is 34.2 Å². The molecule has 33 heavy (non-hydrogen) atoms. The van der Waals surface area contributed by atoms with Gasteiger partial charge in [0.2, 0.25) is 5.91 Å². The van der Waals surface area contributed by atoms with Gasteiger partial charge in [0.05, 0.1) is 23.8 Å². The number of fused-ring (bicyclic) bond motifs is 1. The van der Waals surface area contributed by atoms with Crippen LogP contribution in [0.1, 0.15) is 42.7 Å². The lowest BCUT2D eigenvalue weighted by Crippen LogP contribution is -2.33. The molecule has 3 aromatic rings. The number of nitrogens with zero attached hydrogens (tertiary/aromatic N) is 3. The Labute approximate surface area is 203 Å². The first-order chi connectivity index (χ1) is 15.9. The van der Waals surface area contributed by atoms with E-state index in [1.165, 1.54) is 11.8 Å². The molecule has 4 rings (SSSR count). The molecule has 1 unspecified atom stereocenters. The molecule has 1 fully saturated rings. The number of aromatic nitrogens is 2. The minimum Gasteiger partial charge on any atom is -0.376 e. The third kappa shape index (κ3) is 4.88. The number of rotatable bonds is 8. The summed E-state index contributed by atoms with van der Waals surface area (Å²) in [5.74, 6) is 0.225. The summed E-state index contributed by atoms with van der Waals surface area (Å²) in [7, 11) is 0. The topological polar surface area (TPSA) is 64.4 Å². The van der Waals surface area contributed by atoms with Crippen LogP contribution in [0, 0.1) is 13.8 Å². The minimum atomic E-state index is -0.0158. The molecule has 176 valence electrons. The van der Waals surface area contributed by atoms with E-state index in [4.69, 9.17) is 9.72 Å². The Morgan fingerprint density at radius 1 is 1.30 bits per heavy atom. The first-order valence-corrected chi connectivity index (χ1v) is 13.4. The van der Waals surface area contributed by atoms with Crippen molar-refractivity contribution < 1.29 is 9.53 Å². The van der Waals surface area contributed by atoms with Crippen molar-refractivity contribution in [3.63, 3.8) is 0 Å². The standard InChI is InChI=1S/C25H31N3O3S2/c1-5-19-17(4)33-23-22(19)24(30)28(14-18-11-9-13-31-18)25(26-23)32-15-21(29)27(6-2)20-12-8-7-10-16(20)3/h7-8,10,12,18H,5-6,9,11,13-15H2,1-4H3. The molecular formula is C25H31N3O3S2. The van der Waals surface area contributed by atoms with Crippen molar-refractivity contribution in [1.29, 1.82) is 0 Å². The molecule has 1 aliphatic rings. The van der Waals surface area contributed by atoms with Crippen LogP contribution in [0.25, 0.3) is 10.2 Å². The highest BCUT2D eigenvalue weighted by Crippen LogP contribution is 2.30. The summed E-state index contributed by atoms with van der Waals surface area (Å²) >= 11 is 2.91. The second kappa shape index (κ2) is 10.4. The third-order valence-corrected chi connectivity index (χ3v) is 8.19. The lowest BCUT2D eigenvalue weighted by molar-refractivity contribution is -0.116. The van der Waals surface area contributed by atoms with E-state index in [1.54, 1.807) is 20.8 Å². The number of carbonyl (C=O) groups excluding carboxylic acids is 1. The quantitative estimate of drug-likeness (QED) is 0.333. The highest BCUT2D eigenvalue weighted by molar-refractivity contribution is 7.99. The fourth-order valence-corrected chi connectivity index (χ4v) is 6.51. The van der Waals surface area contributed by atoms with Gasteiger partial charge < -0.3 is 9.64 Å². The number of thiophene rings is 1. The molecule has 1 amide bonds. The molecule has 2 aromatic heterocycles. The number of amides is 1. The van der Waals surface area contributed by atoms with Crippen LogP contribution in [0.5, 0.6) is 0 Å². The highest BCUT2D eigenvalue weighted by Gasteiger charge is 2.24. The van der Waals surface area contributed by atoms with Crippen LogP contribution in [-0.2, 0) is 22.5 Å². The van der Waals surface area contributed by atoms with E-state index in [-0.39, 0.29) is 23.3 Å². The first-order valence-electron chi connectivity index (χ1n) is 11.6. The lowest BCUT2D eigenvalue weighted by atomic mass is 10.1. The predicted octanol–water partition coefficient (Wildman–Crippen LogP) is 4.96. The number of carbonyl (C=O) groups is 1. The van der Waals surface area contributed by atoms with Gasteiger partial charge >= 0.3 is 0 Å². The van der Waals surface area contributed by atoms with Crippen LogP contribution in [0.2, 0.25) is 0 Å². The summed E-state index contributed by atoms with van der Waals surface area (Å²) in [6.07, 6.45) is 2.76. The molecule has 1 atom stereocenters. The molecule has 1 aromatic carbocycles. The lowest BCUT2D eigenvalue weighted by Gasteiger charge is -2.23. The summed E-state index contributed by atoms with van der Waals surface area (Å²) in [6, 6.07) is 7.91. The van der Waals surface area contributed by atoms with Gasteiger partial charge in [0.15, 0.2) is 5.16 Å². The van der Waals surface area contributed by atoms with Gasteiger partial charge in [-0.25, -0.2) is 4.98 Å². The van der Waals surface area contributed by atoms with Crippen molar-refractivity contribution in [2.24, 2.45) is 0 Å². The summed E-state index contributed by atoms with van der Waals surface area (Å²) in [4.78, 5) is 35.3. The van der Waals surface area contributed by atoms with Gasteiger partial charge in [-0.1, -0.05) is 36.9 Å². The van der Waals surface area contributed by atoms with Gasteiger partial charge in [0.1, 0.15) is 4.83 Å². The van der Waals surface area contributed by atoms with Gasteiger partial charge in [0.25, 0.3) is 5.56 Å². The van der Waals surface area contributed by atoms with E-state index >= 15 is 0 Å². The Morgan fingerprint density at radius 2 is 2.09 bits per heavy atom. The van der Waals surface area contributed by atoms with E-state index in [0.717, 1.165) is 57.8 Å². The number of hydrogen-bond donors (Lipinski definition) is 0. The Bertz CT molecular complexity index is 1210. The smallest absolute Gasteiger partial charge is 0.263 e. The molecule has 1 aliphatic heterocycles. The van der Waals surface area contributed by atoms with Crippen molar-refractivity contribution in [3.8, 4) is 0 Å². The zero-order chi connectivity index (χ0) is 23.5. The van der Waals surface area contributed by atoms with Gasteiger partial charge in [-0.3, -0.25) is 14.2 Å². The average Bonchev–Trinajstić information content (AvgIpc) is 3.43. The number of ether oxygens (including phenoxy) is 1. The maximum Gasteiger partial charge on any atom is 0.263 e. The Morgan fingerprint density at radius 3 is 2.76 bits per heavy atom. The van der Waals surface area contributed by atoms with Crippen molar-refractivity contribution in [2.45, 2.75) is 64.8 Å². The van der Waals surface area contributed by atoms with Gasteiger partial charge in [0, 0.05) is 23.7 Å². The summed E-state index contributed by atoms with van der Waals surface area (Å²) in [6.45, 7) is 9.91. The van der Waals surface area contributed by atoms with E-state index in [2.05, 4.69) is 6.92 Å². The number of anilines is 1. The van der Waals surface area contributed by atoms with Crippen molar-refractivity contribution >= 4 is 44.9 Å². The first kappa shape index (κ1) is 24.0. The molecule has 0 bridgehead atoms. The molecule has 0 N–H and O–H groups in total. The summed E-state index contributed by atoms with van der Waals surface area (Å²) < 4.78 is 7.57. The predicted molar refractivity (Wildman–Crippen MR) is 137 cm³/mol. The molecule has 0 radical (unpaired) electrons. The van der Waals surface area contributed by atoms with Crippen LogP contribution < -0.4 is 10.5 Å². The Kier molecular flexibility index (Phi) is 7.56. The molecule has 0 aliphatic carbocycles. The van der Waals surface area contributed by atoms with Gasteiger partial charge in [-0.05, 0) is 57.2 Å². The molecular weight excluding hydrogens is 454 g/mol. The molecule has 0 saturated carbocycles. The Balaban J connectivity index is 1.66. The van der Waals surface area contributed by atoms with Crippen LogP contribution >= 0.6 is 23.1 Å². The van der Waals surface area contributed by atoms with Crippen molar-refractivity contribution in [2.75, 3.05) is 23.8 Å². The molecule has 3 heterocycles. The molecule has 6 nitrogen and oxygen atoms in total. The van der Waals surface area contributed by atoms with E-state index in [9.17, 15) is 9.59 Å². The molecule has 8 heteroatoms. The number of benzene rings is 1. The number of thioether (sulfide) groups is 1. The van der Waals surface area contributed by atoms with Crippen molar-refractivity contribution in [3.05, 3.63) is 50.6 Å². The fourth-order valence-electron chi connectivity index (χ4n) is 4.47. The van der Waals surface area contributed by atoms with Crippen LogP contribution in [0.3, 0.4) is 0 Å². The molecule has 0 spiro atoms. The van der Waals surface area contributed by atoms with Crippen LogP contribution in [0.4, 0.5) is 5.69 Å². The zero-order valence-electron chi connectivity index (χ0n) is 19.7. The minimum absolute atomic E-state index is 0.00594. The number of hydrogen-bond acceptors (Lipinski definition) is 6. The fraction of sp³-hybridized carbons (Fsp3) is 0.480. The van der Waals surface area contributed by atoms with Crippen molar-refractivity contribution in [1.82, 2.24) is 9.55 Å². The second-order valence-electron chi connectivity index (χ2n) is 8.33. The number of para-hydroxylation sites is 1. The highest BCUT2D eigenvalue weighted by atomic mass is 32.2. The maximum atomic E-state index is 13.6. The van der Waals surface area contributed by atoms with Crippen LogP contribution in [-0.4, -0.2) is 40.5 Å². The van der Waals surface area contributed by atoms with E-state index in [0.29, 0.717) is 18.2 Å². The monoisotopic (exact) mass is 485 g/mol. The molecule has 1 saturated heterocycles. The zero-order valence-corrected chi connectivity index (χ0v) is 21.4. The van der Waals surface area contributed by atoms with Gasteiger partial charge in [-0.2, -0.15) is 0 Å². The largest absolute Gasteiger partial charge is 0.376 e. The summed E-state index contributed by atoms with van der Waals surface area (Å²) in [5, 5.41) is 1.32. The normalized spacial score (nSPS) is 15.9. The second-order valence-corrected chi connectivity index (χ2v) is 10.5. The Hall–Kier alpha value is -2.16. The third-order valence-electron chi connectivity index (χ3n) is 6.19.